The highest BCUT2D eigenvalue weighted by Gasteiger charge is 2.29. The number of carboxylic acid groups (broad SMARTS) is 1. The third-order valence-corrected chi connectivity index (χ3v) is 3.96. The van der Waals surface area contributed by atoms with E-state index in [2.05, 4.69) is 15.3 Å². The van der Waals surface area contributed by atoms with Gasteiger partial charge in [0.1, 0.15) is 0 Å². The van der Waals surface area contributed by atoms with Gasteiger partial charge in [-0.25, -0.2) is 9.78 Å². The molecule has 150 valence electrons. The minimum absolute atomic E-state index is 0.0395. The number of anilines is 2. The summed E-state index contributed by atoms with van der Waals surface area (Å²) >= 11 is 0.667. The van der Waals surface area contributed by atoms with E-state index < -0.39 is 17.8 Å². The molecule has 0 saturated heterocycles. The smallest absolute Gasteiger partial charge is 0.413 e. The van der Waals surface area contributed by atoms with E-state index >= 15 is 0 Å². The summed E-state index contributed by atoms with van der Waals surface area (Å²) in [5.41, 5.74) is 7.86. The number of halogens is 3. The fourth-order valence-electron chi connectivity index (χ4n) is 2.05. The van der Waals surface area contributed by atoms with Gasteiger partial charge in [-0.1, -0.05) is 6.07 Å². The van der Waals surface area contributed by atoms with Gasteiger partial charge in [0.15, 0.2) is 5.69 Å². The number of pyridine rings is 1. The van der Waals surface area contributed by atoms with E-state index in [-0.39, 0.29) is 10.8 Å². The van der Waals surface area contributed by atoms with Crippen molar-refractivity contribution in [3.63, 3.8) is 0 Å². The average Bonchev–Trinajstić information content (AvgIpc) is 3.11. The molecule has 1 aromatic carbocycles. The number of rotatable bonds is 3. The standard InChI is InChI=1S/C14H11N3O2.C4H2F3N2S/c1-9-5-6-12(13(16-9)14(18)19)17-11-4-2-3-10(7-11)8-15;5-4(6,7)2-1-10-3(8)9-2/h2-7,17H,1H3,(H,18,19);1H,(H-,8,9)/q;-1. The SMILES string of the molecule is Cc1ccc(Nc2cccc(C#N)c2)c(C(=O)O)n1.[NH-]c1nc(C(F)(F)F)cs1. The molecule has 0 atom stereocenters. The number of nitrogens with one attached hydrogen (secondary N) is 2. The van der Waals surface area contributed by atoms with Crippen molar-refractivity contribution in [3.05, 3.63) is 70.2 Å². The van der Waals surface area contributed by atoms with E-state index in [0.717, 1.165) is 5.38 Å². The first-order valence-corrected chi connectivity index (χ1v) is 8.70. The van der Waals surface area contributed by atoms with Crippen molar-refractivity contribution in [2.45, 2.75) is 13.1 Å². The average molecular weight is 420 g/mol. The second kappa shape index (κ2) is 9.03. The molecule has 0 unspecified atom stereocenters. The lowest BCUT2D eigenvalue weighted by molar-refractivity contribution is -0.140. The highest BCUT2D eigenvalue weighted by atomic mass is 32.1. The number of thiazole rings is 1. The van der Waals surface area contributed by atoms with Gasteiger partial charge in [0.05, 0.1) is 23.0 Å². The lowest BCUT2D eigenvalue weighted by Gasteiger charge is -2.09. The maximum Gasteiger partial charge on any atom is 0.413 e. The molecule has 2 aromatic heterocycles. The minimum atomic E-state index is -4.41. The molecule has 0 spiro atoms. The van der Waals surface area contributed by atoms with Gasteiger partial charge >= 0.3 is 12.1 Å². The van der Waals surface area contributed by atoms with Crippen LogP contribution in [-0.4, -0.2) is 21.0 Å². The van der Waals surface area contributed by atoms with E-state index in [1.54, 1.807) is 43.3 Å². The van der Waals surface area contributed by atoms with Crippen LogP contribution in [0.5, 0.6) is 0 Å². The van der Waals surface area contributed by atoms with Gasteiger partial charge in [0.25, 0.3) is 0 Å². The monoisotopic (exact) mass is 420 g/mol. The van der Waals surface area contributed by atoms with Gasteiger partial charge in [-0.2, -0.15) is 29.8 Å². The molecule has 2 heterocycles. The third kappa shape index (κ3) is 6.18. The van der Waals surface area contributed by atoms with Crippen molar-refractivity contribution in [2.75, 3.05) is 5.32 Å². The lowest BCUT2D eigenvalue weighted by atomic mass is 10.2. The van der Waals surface area contributed by atoms with Crippen molar-refractivity contribution < 1.29 is 23.1 Å². The fourth-order valence-corrected chi connectivity index (χ4v) is 2.61. The van der Waals surface area contributed by atoms with Crippen LogP contribution < -0.4 is 5.32 Å². The number of aromatic carboxylic acids is 1. The molecule has 29 heavy (non-hydrogen) atoms. The maximum absolute atomic E-state index is 11.7. The van der Waals surface area contributed by atoms with Gasteiger partial charge in [0, 0.05) is 11.4 Å². The summed E-state index contributed by atoms with van der Waals surface area (Å²) in [6.45, 7) is 1.73. The van der Waals surface area contributed by atoms with Crippen LogP contribution in [0.4, 0.5) is 29.7 Å². The molecular weight excluding hydrogens is 407 g/mol. The Hall–Kier alpha value is -3.65. The lowest BCUT2D eigenvalue weighted by Crippen LogP contribution is -2.06. The Kier molecular flexibility index (Phi) is 6.74. The zero-order valence-electron chi connectivity index (χ0n) is 14.8. The summed E-state index contributed by atoms with van der Waals surface area (Å²) in [5, 5.41) is 21.4. The first-order valence-electron chi connectivity index (χ1n) is 7.82. The first-order chi connectivity index (χ1) is 13.6. The van der Waals surface area contributed by atoms with Crippen molar-refractivity contribution >= 4 is 33.8 Å². The molecular formula is C18H13F3N5O2S-. The minimum Gasteiger partial charge on any atom is -0.476 e. The molecule has 0 bridgehead atoms. The Bertz CT molecular complexity index is 1060. The second-order valence-electron chi connectivity index (χ2n) is 5.51. The van der Waals surface area contributed by atoms with E-state index in [1.165, 1.54) is 0 Å². The number of aryl methyl sites for hydroxylation is 1. The van der Waals surface area contributed by atoms with Crippen LogP contribution in [0.3, 0.4) is 0 Å². The summed E-state index contributed by atoms with van der Waals surface area (Å²) in [4.78, 5) is 18.1. The molecule has 7 nitrogen and oxygen atoms in total. The van der Waals surface area contributed by atoms with Crippen LogP contribution in [0.2, 0.25) is 0 Å². The molecule has 0 fully saturated rings. The molecule has 0 aliphatic carbocycles. The van der Waals surface area contributed by atoms with Gasteiger partial charge in [-0.3, -0.25) is 0 Å². The zero-order valence-corrected chi connectivity index (χ0v) is 15.6. The maximum atomic E-state index is 11.7. The Morgan fingerprint density at radius 3 is 2.52 bits per heavy atom. The van der Waals surface area contributed by atoms with Crippen LogP contribution in [-0.2, 0) is 6.18 Å². The fraction of sp³-hybridized carbons (Fsp3) is 0.111. The van der Waals surface area contributed by atoms with E-state index in [0.29, 0.717) is 34.0 Å². The molecule has 0 aliphatic rings. The largest absolute Gasteiger partial charge is 0.476 e. The summed E-state index contributed by atoms with van der Waals surface area (Å²) in [5.74, 6) is -1.09. The highest BCUT2D eigenvalue weighted by molar-refractivity contribution is 7.13. The number of carboxylic acids is 1. The number of aromatic nitrogens is 2. The number of hydrogen-bond acceptors (Lipinski definition) is 6. The molecule has 3 aromatic rings. The third-order valence-electron chi connectivity index (χ3n) is 3.30. The molecule has 0 amide bonds. The van der Waals surface area contributed by atoms with Gasteiger partial charge in [-0.15, -0.1) is 0 Å². The number of benzene rings is 1. The quantitative estimate of drug-likeness (QED) is 0.573. The normalized spacial score (nSPS) is 10.4. The Morgan fingerprint density at radius 2 is 2.00 bits per heavy atom. The molecule has 0 aliphatic heterocycles. The van der Waals surface area contributed by atoms with Crippen molar-refractivity contribution in [3.8, 4) is 6.07 Å². The Labute approximate surface area is 167 Å². The molecule has 11 heteroatoms. The topological polar surface area (TPSA) is 123 Å². The molecule has 3 rings (SSSR count). The highest BCUT2D eigenvalue weighted by Crippen LogP contribution is 2.32. The van der Waals surface area contributed by atoms with Gasteiger partial charge in [-0.05, 0) is 47.8 Å². The summed E-state index contributed by atoms with van der Waals surface area (Å²) in [6.07, 6.45) is -4.41. The summed E-state index contributed by atoms with van der Waals surface area (Å²) in [7, 11) is 0. The van der Waals surface area contributed by atoms with Crippen molar-refractivity contribution in [2.24, 2.45) is 0 Å². The Balaban J connectivity index is 0.000000253. The van der Waals surface area contributed by atoms with Crippen LogP contribution in [0, 0.1) is 18.3 Å². The van der Waals surface area contributed by atoms with Gasteiger partial charge < -0.3 is 21.1 Å². The van der Waals surface area contributed by atoms with Gasteiger partial charge in [0.2, 0.25) is 0 Å². The van der Waals surface area contributed by atoms with Crippen molar-refractivity contribution in [1.29, 1.82) is 5.26 Å². The zero-order chi connectivity index (χ0) is 21.6. The van der Waals surface area contributed by atoms with Crippen molar-refractivity contribution in [1.82, 2.24) is 9.97 Å². The predicted octanol–water partition coefficient (Wildman–Crippen LogP) is 5.55. The number of nitriles is 1. The predicted molar refractivity (Wildman–Crippen MR) is 101 cm³/mol. The summed E-state index contributed by atoms with van der Waals surface area (Å²) in [6, 6.07) is 12.2. The second-order valence-corrected chi connectivity index (χ2v) is 6.37. The van der Waals surface area contributed by atoms with Crippen LogP contribution in [0.1, 0.15) is 27.4 Å². The van der Waals surface area contributed by atoms with Crippen LogP contribution >= 0.6 is 11.3 Å². The number of carbonyl (C=O) groups is 1. The van der Waals surface area contributed by atoms with E-state index in [1.807, 2.05) is 6.07 Å². The van der Waals surface area contributed by atoms with E-state index in [4.69, 9.17) is 16.1 Å². The Morgan fingerprint density at radius 1 is 1.28 bits per heavy atom. The number of alkyl halides is 3. The van der Waals surface area contributed by atoms with Crippen LogP contribution in [0.25, 0.3) is 5.73 Å². The molecule has 0 radical (unpaired) electrons. The molecule has 0 saturated carbocycles. The number of hydrogen-bond donors (Lipinski definition) is 2. The first kappa shape index (κ1) is 21.6. The number of nitrogens with zero attached hydrogens (tertiary/aromatic N) is 3. The van der Waals surface area contributed by atoms with E-state index in [9.17, 15) is 18.0 Å². The summed E-state index contributed by atoms with van der Waals surface area (Å²) < 4.78 is 35.0. The molecule has 3 N–H and O–H groups in total. The van der Waals surface area contributed by atoms with Crippen LogP contribution in [0.15, 0.2) is 41.8 Å².